The van der Waals surface area contributed by atoms with Crippen LogP contribution in [0.1, 0.15) is 5.56 Å². The van der Waals surface area contributed by atoms with E-state index in [0.717, 1.165) is 3.39 Å². The Morgan fingerprint density at radius 2 is 1.75 bits per heavy atom. The van der Waals surface area contributed by atoms with E-state index in [1.807, 2.05) is 0 Å². The topological polar surface area (TPSA) is 25.8 Å². The summed E-state index contributed by atoms with van der Waals surface area (Å²) >= 11 is 17.9. The van der Waals surface area contributed by atoms with E-state index in [-0.39, 0.29) is 0 Å². The predicted octanol–water partition coefficient (Wildman–Crippen LogP) is 3.87. The first-order valence-electron chi connectivity index (χ1n) is 2.80. The first kappa shape index (κ1) is 10.4. The van der Waals surface area contributed by atoms with Gasteiger partial charge >= 0.3 is 0 Å². The van der Waals surface area contributed by atoms with Gasteiger partial charge in [0.2, 0.25) is 0 Å². The summed E-state index contributed by atoms with van der Waals surface area (Å²) in [6, 6.07) is 0. The predicted molar refractivity (Wildman–Crippen MR) is 57.9 cm³/mol. The Morgan fingerprint density at radius 1 is 1.25 bits per heavy atom. The summed E-state index contributed by atoms with van der Waals surface area (Å²) in [5.74, 6) is 0. The van der Waals surface area contributed by atoms with Crippen LogP contribution in [0.2, 0.25) is 10.3 Å². The molecule has 0 aliphatic heterocycles. The van der Waals surface area contributed by atoms with Crippen LogP contribution in [-0.4, -0.2) is 9.97 Å². The van der Waals surface area contributed by atoms with Crippen LogP contribution in [0.3, 0.4) is 0 Å². The highest BCUT2D eigenvalue weighted by molar-refractivity contribution is 9.28. The lowest BCUT2D eigenvalue weighted by molar-refractivity contribution is 1.16. The van der Waals surface area contributed by atoms with Crippen molar-refractivity contribution >= 4 is 61.1 Å². The molecule has 0 aliphatic rings. The molecule has 0 N–H and O–H groups in total. The molecule has 0 aliphatic carbocycles. The Hall–Kier alpha value is 0.360. The highest BCUT2D eigenvalue weighted by Crippen LogP contribution is 2.26. The van der Waals surface area contributed by atoms with Crippen molar-refractivity contribution in [3.8, 4) is 0 Å². The summed E-state index contributed by atoms with van der Waals surface area (Å²) < 4.78 is 0.730. The molecule has 0 spiro atoms. The molecule has 1 rings (SSSR count). The smallest absolute Gasteiger partial charge is 0.141 e. The molecule has 0 radical (unpaired) electrons. The standard InChI is InChI=1S/C6H2Br2Cl2N2/c7-4(8)1-3-5(9)11-2-12-6(3)10/h1-2H. The third-order valence-corrected chi connectivity index (χ3v) is 2.10. The minimum atomic E-state index is 0.325. The lowest BCUT2D eigenvalue weighted by atomic mass is 10.3. The van der Waals surface area contributed by atoms with E-state index in [2.05, 4.69) is 41.8 Å². The zero-order chi connectivity index (χ0) is 9.14. The van der Waals surface area contributed by atoms with Gasteiger partial charge in [-0.25, -0.2) is 9.97 Å². The van der Waals surface area contributed by atoms with Crippen molar-refractivity contribution in [2.45, 2.75) is 0 Å². The van der Waals surface area contributed by atoms with Gasteiger partial charge < -0.3 is 0 Å². The van der Waals surface area contributed by atoms with E-state index in [1.165, 1.54) is 6.33 Å². The Bertz CT molecular complexity index is 303. The lowest BCUT2D eigenvalue weighted by Gasteiger charge is -1.97. The summed E-state index contributed by atoms with van der Waals surface area (Å²) in [4.78, 5) is 7.55. The molecule has 0 aromatic carbocycles. The molecule has 0 saturated carbocycles. The number of hydrogen-bond donors (Lipinski definition) is 0. The molecule has 0 fully saturated rings. The normalized spacial score (nSPS) is 9.67. The fraction of sp³-hybridized carbons (Fsp3) is 0. The second-order valence-corrected chi connectivity index (χ2v) is 5.29. The second-order valence-electron chi connectivity index (χ2n) is 1.80. The molecule has 12 heavy (non-hydrogen) atoms. The van der Waals surface area contributed by atoms with Gasteiger partial charge in [0, 0.05) is 0 Å². The maximum Gasteiger partial charge on any atom is 0.141 e. The summed E-state index contributed by atoms with van der Waals surface area (Å²) in [6.07, 6.45) is 2.99. The fourth-order valence-electron chi connectivity index (χ4n) is 0.583. The van der Waals surface area contributed by atoms with Crippen LogP contribution in [0.4, 0.5) is 0 Å². The van der Waals surface area contributed by atoms with Crippen LogP contribution < -0.4 is 0 Å². The SMILES string of the molecule is Clc1ncnc(Cl)c1C=C(Br)Br. The highest BCUT2D eigenvalue weighted by atomic mass is 79.9. The van der Waals surface area contributed by atoms with Gasteiger partial charge in [-0.1, -0.05) is 23.2 Å². The molecule has 0 amide bonds. The largest absolute Gasteiger partial charge is 0.224 e. The van der Waals surface area contributed by atoms with E-state index in [4.69, 9.17) is 23.2 Å². The van der Waals surface area contributed by atoms with Crippen molar-refractivity contribution in [2.75, 3.05) is 0 Å². The molecular weight excluding hydrogens is 331 g/mol. The van der Waals surface area contributed by atoms with Crippen LogP contribution >= 0.6 is 55.1 Å². The first-order chi connectivity index (χ1) is 5.61. The molecule has 6 heteroatoms. The van der Waals surface area contributed by atoms with Crippen molar-refractivity contribution in [1.29, 1.82) is 0 Å². The minimum Gasteiger partial charge on any atom is -0.224 e. The Kier molecular flexibility index (Phi) is 3.96. The molecular formula is C6H2Br2Cl2N2. The molecule has 1 heterocycles. The average molecular weight is 333 g/mol. The molecule has 0 saturated heterocycles. The molecule has 0 unspecified atom stereocenters. The van der Waals surface area contributed by atoms with Crippen molar-refractivity contribution in [3.05, 3.63) is 25.6 Å². The van der Waals surface area contributed by atoms with Gasteiger partial charge in [0.05, 0.1) is 8.96 Å². The average Bonchev–Trinajstić information content (AvgIpc) is 1.97. The molecule has 0 atom stereocenters. The van der Waals surface area contributed by atoms with E-state index >= 15 is 0 Å². The zero-order valence-corrected chi connectivity index (χ0v) is 10.2. The number of halogens is 4. The van der Waals surface area contributed by atoms with Crippen LogP contribution in [0, 0.1) is 0 Å². The van der Waals surface area contributed by atoms with Gasteiger partial charge in [0.15, 0.2) is 0 Å². The summed E-state index contributed by atoms with van der Waals surface area (Å²) in [5.41, 5.74) is 0.588. The van der Waals surface area contributed by atoms with E-state index in [1.54, 1.807) is 6.08 Å². The molecule has 64 valence electrons. The lowest BCUT2D eigenvalue weighted by Crippen LogP contribution is -1.86. The van der Waals surface area contributed by atoms with Crippen LogP contribution in [0.15, 0.2) is 9.72 Å². The molecule has 1 aromatic heterocycles. The van der Waals surface area contributed by atoms with Crippen LogP contribution in [-0.2, 0) is 0 Å². The van der Waals surface area contributed by atoms with Crippen LogP contribution in [0.25, 0.3) is 6.08 Å². The summed E-state index contributed by atoms with van der Waals surface area (Å²) in [6.45, 7) is 0. The number of rotatable bonds is 1. The summed E-state index contributed by atoms with van der Waals surface area (Å²) in [7, 11) is 0. The van der Waals surface area contributed by atoms with Gasteiger partial charge in [0.1, 0.15) is 16.6 Å². The summed E-state index contributed by atoms with van der Waals surface area (Å²) in [5, 5.41) is 0.651. The Labute approximate surface area is 96.3 Å². The molecule has 0 bridgehead atoms. The third-order valence-electron chi connectivity index (χ3n) is 1.04. The van der Waals surface area contributed by atoms with Gasteiger partial charge in [-0.2, -0.15) is 0 Å². The monoisotopic (exact) mass is 330 g/mol. The number of nitrogens with zero attached hydrogens (tertiary/aromatic N) is 2. The zero-order valence-electron chi connectivity index (χ0n) is 5.56. The van der Waals surface area contributed by atoms with Crippen molar-refractivity contribution in [2.24, 2.45) is 0 Å². The maximum atomic E-state index is 5.75. The minimum absolute atomic E-state index is 0.325. The van der Waals surface area contributed by atoms with E-state index in [9.17, 15) is 0 Å². The molecule has 1 aromatic rings. The van der Waals surface area contributed by atoms with Crippen molar-refractivity contribution < 1.29 is 0 Å². The first-order valence-corrected chi connectivity index (χ1v) is 5.14. The van der Waals surface area contributed by atoms with Gasteiger partial charge in [-0.05, 0) is 37.9 Å². The van der Waals surface area contributed by atoms with Crippen LogP contribution in [0.5, 0.6) is 0 Å². The van der Waals surface area contributed by atoms with Gasteiger partial charge in [-0.3, -0.25) is 0 Å². The van der Waals surface area contributed by atoms with E-state index in [0.29, 0.717) is 15.9 Å². The Morgan fingerprint density at radius 3 is 2.17 bits per heavy atom. The quantitative estimate of drug-likeness (QED) is 0.730. The van der Waals surface area contributed by atoms with Crippen molar-refractivity contribution in [3.63, 3.8) is 0 Å². The molecule has 2 nitrogen and oxygen atoms in total. The maximum absolute atomic E-state index is 5.75. The third kappa shape index (κ3) is 2.69. The van der Waals surface area contributed by atoms with E-state index < -0.39 is 0 Å². The van der Waals surface area contributed by atoms with Crippen molar-refractivity contribution in [1.82, 2.24) is 9.97 Å². The Balaban J connectivity index is 3.22. The fourth-order valence-corrected chi connectivity index (χ4v) is 1.46. The highest BCUT2D eigenvalue weighted by Gasteiger charge is 2.04. The van der Waals surface area contributed by atoms with Gasteiger partial charge in [-0.15, -0.1) is 0 Å². The van der Waals surface area contributed by atoms with Gasteiger partial charge in [0.25, 0.3) is 0 Å². The second kappa shape index (κ2) is 4.56. The number of hydrogen-bond acceptors (Lipinski definition) is 2. The number of aromatic nitrogens is 2.